The highest BCUT2D eigenvalue weighted by Crippen LogP contribution is 2.32. The van der Waals surface area contributed by atoms with Gasteiger partial charge in [-0.15, -0.1) is 0 Å². The number of rotatable bonds is 11. The van der Waals surface area contributed by atoms with Gasteiger partial charge in [0.15, 0.2) is 0 Å². The number of aliphatic carboxylic acids is 1. The molecule has 44 heavy (non-hydrogen) atoms. The third-order valence-electron chi connectivity index (χ3n) is 8.14. The molecule has 0 unspecified atom stereocenters. The van der Waals surface area contributed by atoms with Crippen LogP contribution in [0.15, 0.2) is 97.1 Å². The Hall–Kier alpha value is -4.95. The number of amides is 2. The van der Waals surface area contributed by atoms with Gasteiger partial charge < -0.3 is 24.7 Å². The van der Waals surface area contributed by atoms with Crippen molar-refractivity contribution >= 4 is 17.8 Å². The first kappa shape index (κ1) is 30.5. The lowest BCUT2D eigenvalue weighted by Crippen LogP contribution is -2.46. The molecule has 0 spiro atoms. The maximum absolute atomic E-state index is 14.1. The van der Waals surface area contributed by atoms with E-state index in [1.165, 1.54) is 0 Å². The second-order valence-corrected chi connectivity index (χ2v) is 10.9. The van der Waals surface area contributed by atoms with E-state index in [2.05, 4.69) is 0 Å². The topological polar surface area (TPSA) is 107 Å². The Balaban J connectivity index is 1.45. The minimum absolute atomic E-state index is 0.0462. The van der Waals surface area contributed by atoms with Crippen molar-refractivity contribution in [2.24, 2.45) is 0 Å². The van der Waals surface area contributed by atoms with Crippen molar-refractivity contribution in [3.8, 4) is 16.9 Å². The monoisotopic (exact) mass is 592 g/mol. The smallest absolute Gasteiger partial charge is 0.305 e. The van der Waals surface area contributed by atoms with Gasteiger partial charge in [0.2, 0.25) is 0 Å². The maximum Gasteiger partial charge on any atom is 0.305 e. The largest absolute Gasteiger partial charge is 0.497 e. The summed E-state index contributed by atoms with van der Waals surface area (Å²) in [4.78, 5) is 42.9. The molecule has 1 atom stereocenters. The Labute approximate surface area is 257 Å². The van der Waals surface area contributed by atoms with Crippen molar-refractivity contribution in [1.29, 1.82) is 0 Å². The van der Waals surface area contributed by atoms with Crippen LogP contribution in [0, 0.1) is 0 Å². The molecule has 1 aliphatic heterocycles. The summed E-state index contributed by atoms with van der Waals surface area (Å²) >= 11 is 0. The molecule has 0 fully saturated rings. The third-order valence-corrected chi connectivity index (χ3v) is 8.14. The first-order chi connectivity index (χ1) is 21.4. The number of hydrogen-bond donors (Lipinski definition) is 2. The van der Waals surface area contributed by atoms with Crippen LogP contribution in [0.4, 0.5) is 0 Å². The zero-order valence-electron chi connectivity index (χ0n) is 24.7. The van der Waals surface area contributed by atoms with Gasteiger partial charge >= 0.3 is 5.97 Å². The molecule has 226 valence electrons. The Morgan fingerprint density at radius 3 is 2.09 bits per heavy atom. The number of fused-ring (bicyclic) bond motifs is 1. The summed E-state index contributed by atoms with van der Waals surface area (Å²) in [5.41, 5.74) is 5.16. The average Bonchev–Trinajstić information content (AvgIpc) is 3.07. The molecule has 8 heteroatoms. The van der Waals surface area contributed by atoms with Crippen molar-refractivity contribution < 1.29 is 29.3 Å². The number of carboxylic acids is 1. The fraction of sp³-hybridized carbons (Fsp3) is 0.250. The van der Waals surface area contributed by atoms with Crippen LogP contribution >= 0.6 is 0 Å². The maximum atomic E-state index is 14.1. The summed E-state index contributed by atoms with van der Waals surface area (Å²) in [6.07, 6.45) is 0.901. The second-order valence-electron chi connectivity index (χ2n) is 10.9. The minimum Gasteiger partial charge on any atom is -0.497 e. The first-order valence-electron chi connectivity index (χ1n) is 14.7. The number of carboxylic acid groups (broad SMARTS) is 1. The summed E-state index contributed by atoms with van der Waals surface area (Å²) in [5, 5.41) is 19.6. The zero-order chi connectivity index (χ0) is 31.1. The van der Waals surface area contributed by atoms with Crippen molar-refractivity contribution in [2.75, 3.05) is 26.8 Å². The Bertz CT molecular complexity index is 1630. The number of nitrogens with zero attached hydrogens (tertiary/aromatic N) is 2. The predicted molar refractivity (Wildman–Crippen MR) is 168 cm³/mol. The van der Waals surface area contributed by atoms with E-state index < -0.39 is 5.97 Å². The van der Waals surface area contributed by atoms with Gasteiger partial charge in [-0.2, -0.15) is 0 Å². The average molecular weight is 593 g/mol. The normalized spacial score (nSPS) is 14.0. The molecule has 0 saturated heterocycles. The second kappa shape index (κ2) is 14.0. The van der Waals surface area contributed by atoms with E-state index >= 15 is 0 Å². The zero-order valence-corrected chi connectivity index (χ0v) is 24.7. The van der Waals surface area contributed by atoms with Gasteiger partial charge in [0, 0.05) is 30.8 Å². The van der Waals surface area contributed by atoms with Gasteiger partial charge in [-0.3, -0.25) is 14.4 Å². The molecular weight excluding hydrogens is 556 g/mol. The van der Waals surface area contributed by atoms with Gasteiger partial charge in [0.05, 0.1) is 26.2 Å². The highest BCUT2D eigenvalue weighted by Gasteiger charge is 2.31. The van der Waals surface area contributed by atoms with Gasteiger partial charge in [-0.1, -0.05) is 72.8 Å². The van der Waals surface area contributed by atoms with Crippen LogP contribution in [0.1, 0.15) is 43.8 Å². The van der Waals surface area contributed by atoms with Crippen molar-refractivity contribution in [1.82, 2.24) is 9.80 Å². The van der Waals surface area contributed by atoms with Crippen molar-refractivity contribution in [3.05, 3.63) is 125 Å². The molecule has 2 amide bonds. The molecular formula is C36H36N2O6. The number of carbonyl (C=O) groups excluding carboxylic acids is 2. The number of methoxy groups -OCH3 is 1. The Morgan fingerprint density at radius 2 is 1.43 bits per heavy atom. The quantitative estimate of drug-likeness (QED) is 0.252. The lowest BCUT2D eigenvalue weighted by molar-refractivity contribution is -0.137. The molecule has 0 saturated carbocycles. The molecule has 0 aromatic heterocycles. The fourth-order valence-corrected chi connectivity index (χ4v) is 5.72. The summed E-state index contributed by atoms with van der Waals surface area (Å²) in [6.45, 7) is 0.580. The van der Waals surface area contributed by atoms with Crippen LogP contribution in [0.25, 0.3) is 11.1 Å². The summed E-state index contributed by atoms with van der Waals surface area (Å²) in [6, 6.07) is 29.4. The van der Waals surface area contributed by atoms with Gasteiger partial charge in [0.1, 0.15) is 5.75 Å². The lowest BCUT2D eigenvalue weighted by Gasteiger charge is -2.36. The van der Waals surface area contributed by atoms with Crippen LogP contribution in [-0.4, -0.2) is 70.6 Å². The Morgan fingerprint density at radius 1 is 0.818 bits per heavy atom. The van der Waals surface area contributed by atoms with E-state index in [1.54, 1.807) is 41.2 Å². The molecule has 0 radical (unpaired) electrons. The molecule has 1 heterocycles. The molecule has 4 aromatic rings. The first-order valence-corrected chi connectivity index (χ1v) is 14.7. The van der Waals surface area contributed by atoms with E-state index in [-0.39, 0.29) is 37.4 Å². The summed E-state index contributed by atoms with van der Waals surface area (Å²) in [7, 11) is 1.60. The lowest BCUT2D eigenvalue weighted by atomic mass is 9.91. The van der Waals surface area contributed by atoms with Crippen LogP contribution in [-0.2, 0) is 24.2 Å². The van der Waals surface area contributed by atoms with E-state index in [0.717, 1.165) is 22.4 Å². The van der Waals surface area contributed by atoms with Gasteiger partial charge in [0.25, 0.3) is 11.8 Å². The SMILES string of the molecule is COc1ccc(CCN(CCC(=O)O)C(=O)c2ccccc2-c2ccccc2C(=O)N2Cc3ccccc3C[C@H]2CO)cc1. The number of benzene rings is 4. The van der Waals surface area contributed by atoms with Gasteiger partial charge in [-0.05, 0) is 64.9 Å². The van der Waals surface area contributed by atoms with Gasteiger partial charge in [-0.25, -0.2) is 0 Å². The van der Waals surface area contributed by atoms with Crippen LogP contribution < -0.4 is 4.74 Å². The molecule has 8 nitrogen and oxygen atoms in total. The molecule has 0 bridgehead atoms. The van der Waals surface area contributed by atoms with E-state index in [4.69, 9.17) is 4.74 Å². The highest BCUT2D eigenvalue weighted by atomic mass is 16.5. The third kappa shape index (κ3) is 6.82. The number of carbonyl (C=O) groups is 3. The molecule has 2 N–H and O–H groups in total. The summed E-state index contributed by atoms with van der Waals surface area (Å²) in [5.74, 6) is -0.789. The van der Waals surface area contributed by atoms with Crippen LogP contribution in [0.2, 0.25) is 0 Å². The van der Waals surface area contributed by atoms with Crippen molar-refractivity contribution in [2.45, 2.75) is 31.8 Å². The van der Waals surface area contributed by atoms with Crippen molar-refractivity contribution in [3.63, 3.8) is 0 Å². The standard InChI is InChI=1S/C36H36N2O6/c1-44-29-16-14-25(15-17-29)18-20-37(21-19-34(40)41)35(42)32-12-6-4-10-30(32)31-11-5-7-13-33(31)36(43)38-23-27-9-3-2-8-26(27)22-28(38)24-39/h2-17,28,39H,18-24H2,1H3,(H,40,41)/t28-/m0/s1. The Kier molecular flexibility index (Phi) is 9.72. The predicted octanol–water partition coefficient (Wildman–Crippen LogP) is 5.08. The fourth-order valence-electron chi connectivity index (χ4n) is 5.72. The summed E-state index contributed by atoms with van der Waals surface area (Å²) < 4.78 is 5.23. The highest BCUT2D eigenvalue weighted by molar-refractivity contribution is 6.06. The molecule has 1 aliphatic rings. The number of ether oxygens (including phenoxy) is 1. The number of hydrogen-bond acceptors (Lipinski definition) is 5. The molecule has 5 rings (SSSR count). The van der Waals surface area contributed by atoms with Crippen LogP contribution in [0.5, 0.6) is 5.75 Å². The number of aliphatic hydroxyl groups is 1. The van der Waals surface area contributed by atoms with E-state index in [1.807, 2.05) is 72.8 Å². The molecule has 4 aromatic carbocycles. The van der Waals surface area contributed by atoms with Crippen LogP contribution in [0.3, 0.4) is 0 Å². The van der Waals surface area contributed by atoms with E-state index in [0.29, 0.717) is 48.2 Å². The van der Waals surface area contributed by atoms with E-state index in [9.17, 15) is 24.6 Å². The molecule has 0 aliphatic carbocycles. The number of aliphatic hydroxyl groups excluding tert-OH is 1. The minimum atomic E-state index is -0.988.